The number of hydrogen-bond acceptors (Lipinski definition) is 1. The van der Waals surface area contributed by atoms with Crippen LogP contribution in [0.4, 0.5) is 0 Å². The minimum atomic E-state index is -0.829. The van der Waals surface area contributed by atoms with Gasteiger partial charge in [0.1, 0.15) is 11.2 Å². The Balaban J connectivity index is 1.33. The molecule has 1 heterocycles. The van der Waals surface area contributed by atoms with Gasteiger partial charge in [-0.15, -0.1) is 0 Å². The number of furan rings is 1. The molecule has 0 atom stereocenters. The molecule has 0 saturated heterocycles. The summed E-state index contributed by atoms with van der Waals surface area (Å²) in [6, 6.07) is 11.5. The van der Waals surface area contributed by atoms with Crippen LogP contribution in [0.2, 0.25) is 0 Å². The van der Waals surface area contributed by atoms with E-state index in [2.05, 4.69) is 0 Å². The van der Waals surface area contributed by atoms with Crippen molar-refractivity contribution >= 4 is 54.3 Å². The quantitative estimate of drug-likeness (QED) is 0.175. The number of benzene rings is 9. The highest BCUT2D eigenvalue weighted by Gasteiger charge is 2.18. The van der Waals surface area contributed by atoms with Crippen LogP contribution in [0, 0.1) is 0 Å². The normalized spacial score (nSPS) is 16.5. The van der Waals surface area contributed by atoms with Crippen LogP contribution in [-0.4, -0.2) is 0 Å². The second-order valence-electron chi connectivity index (χ2n) is 11.5. The lowest BCUT2D eigenvalue weighted by Gasteiger charge is -2.18. The van der Waals surface area contributed by atoms with Gasteiger partial charge < -0.3 is 4.42 Å². The van der Waals surface area contributed by atoms with Gasteiger partial charge in [0, 0.05) is 21.9 Å². The predicted molar refractivity (Wildman–Crippen MR) is 208 cm³/mol. The maximum absolute atomic E-state index is 9.61. The van der Waals surface area contributed by atoms with Crippen molar-refractivity contribution in [2.24, 2.45) is 0 Å². The van der Waals surface area contributed by atoms with Crippen LogP contribution in [0.3, 0.4) is 0 Å². The lowest BCUT2D eigenvalue weighted by atomic mass is 9.85. The molecule has 10 aromatic rings. The number of fused-ring (bicyclic) bond motifs is 6. The molecule has 0 aliphatic carbocycles. The summed E-state index contributed by atoms with van der Waals surface area (Å²) in [6.07, 6.45) is 0. The fourth-order valence-corrected chi connectivity index (χ4v) is 6.67. The Morgan fingerprint density at radius 1 is 0.347 bits per heavy atom. The lowest BCUT2D eigenvalue weighted by Crippen LogP contribution is -1.90. The number of rotatable bonds is 4. The van der Waals surface area contributed by atoms with Crippen LogP contribution >= 0.6 is 0 Å². The average molecular weight is 640 g/mol. The van der Waals surface area contributed by atoms with E-state index >= 15 is 0 Å². The van der Waals surface area contributed by atoms with E-state index in [4.69, 9.17) is 16.8 Å². The second kappa shape index (κ2) is 11.1. The van der Waals surface area contributed by atoms with Crippen LogP contribution < -0.4 is 0 Å². The number of hydrogen-bond donors (Lipinski definition) is 0. The molecule has 0 spiro atoms. The van der Waals surface area contributed by atoms with Crippen molar-refractivity contribution in [1.29, 1.82) is 0 Å². The maximum atomic E-state index is 9.61. The molecule has 0 saturated carbocycles. The minimum absolute atomic E-state index is 0.182. The zero-order valence-corrected chi connectivity index (χ0v) is 25.4. The zero-order chi connectivity index (χ0) is 47.1. The molecule has 0 unspecified atom stereocenters. The molecule has 1 nitrogen and oxygen atoms in total. The first-order valence-corrected chi connectivity index (χ1v) is 15.5. The van der Waals surface area contributed by atoms with Gasteiger partial charge in [0.05, 0.1) is 23.3 Å². The molecule has 1 aromatic heterocycles. The van der Waals surface area contributed by atoms with Gasteiger partial charge in [-0.25, -0.2) is 0 Å². The molecule has 0 aliphatic rings. The van der Waals surface area contributed by atoms with Crippen LogP contribution in [-0.2, 0) is 0 Å². The van der Waals surface area contributed by atoms with Gasteiger partial charge >= 0.3 is 0 Å². The SMILES string of the molecule is [2H]c1c([2H])c([2H])c(-c2c3c([2H])c([2H])c([2H])c([2H])c3c(-c3c([2H])c([2H])c(-c4cccc5c4oc4c(-c6ccc7ccccc7c6)cccc45)c([2H])c3[2H])c3c([2H])c([2H])c([2H])c([2H])c23)c([2H])c1[2H]. The van der Waals surface area contributed by atoms with Crippen molar-refractivity contribution in [2.75, 3.05) is 0 Å². The van der Waals surface area contributed by atoms with Crippen molar-refractivity contribution in [3.63, 3.8) is 0 Å². The maximum Gasteiger partial charge on any atom is 0.143 e. The molecule has 0 N–H and O–H groups in total. The molecule has 0 amide bonds. The molecule has 0 fully saturated rings. The third kappa shape index (κ3) is 4.40. The summed E-state index contributed by atoms with van der Waals surface area (Å²) < 4.78 is 160. The predicted octanol–water partition coefficient (Wildman–Crippen LogP) is 13.7. The van der Waals surface area contributed by atoms with E-state index in [0.717, 1.165) is 27.3 Å². The summed E-state index contributed by atoms with van der Waals surface area (Å²) in [5.41, 5.74) is 0.241. The highest BCUT2D eigenvalue weighted by molar-refractivity contribution is 6.21. The van der Waals surface area contributed by atoms with E-state index in [1.807, 2.05) is 66.7 Å². The Kier molecular flexibility index (Phi) is 3.54. The van der Waals surface area contributed by atoms with Crippen LogP contribution in [0.5, 0.6) is 0 Å². The Morgan fingerprint density at radius 2 is 0.837 bits per heavy atom. The van der Waals surface area contributed by atoms with E-state index in [0.29, 0.717) is 11.0 Å². The molecule has 49 heavy (non-hydrogen) atoms. The summed E-state index contributed by atoms with van der Waals surface area (Å²) in [5, 5.41) is 1.33. The topological polar surface area (TPSA) is 13.1 Å². The Morgan fingerprint density at radius 3 is 1.43 bits per heavy atom. The summed E-state index contributed by atoms with van der Waals surface area (Å²) in [7, 11) is 0. The highest BCUT2D eigenvalue weighted by Crippen LogP contribution is 2.45. The third-order valence-electron chi connectivity index (χ3n) is 8.85. The largest absolute Gasteiger partial charge is 0.455 e. The van der Waals surface area contributed by atoms with Crippen LogP contribution in [0.1, 0.15) is 23.3 Å². The molecular formula is C48H30O. The molecule has 10 rings (SSSR count). The molecular weight excluding hydrogens is 593 g/mol. The first-order valence-electron chi connectivity index (χ1n) is 24.0. The van der Waals surface area contributed by atoms with E-state index in [9.17, 15) is 11.0 Å². The van der Waals surface area contributed by atoms with Gasteiger partial charge in [-0.2, -0.15) is 0 Å². The van der Waals surface area contributed by atoms with E-state index in [1.54, 1.807) is 12.1 Å². The van der Waals surface area contributed by atoms with Gasteiger partial charge in [0.25, 0.3) is 0 Å². The van der Waals surface area contributed by atoms with Gasteiger partial charge in [-0.1, -0.05) is 176 Å². The molecule has 228 valence electrons. The Bertz CT molecular complexity index is 3720. The molecule has 0 radical (unpaired) electrons. The van der Waals surface area contributed by atoms with Gasteiger partial charge in [-0.3, -0.25) is 0 Å². The third-order valence-corrected chi connectivity index (χ3v) is 8.85. The van der Waals surface area contributed by atoms with Crippen LogP contribution in [0.15, 0.2) is 186 Å². The van der Waals surface area contributed by atoms with Crippen molar-refractivity contribution in [2.45, 2.75) is 0 Å². The van der Waals surface area contributed by atoms with E-state index in [1.165, 1.54) is 0 Å². The molecule has 0 bridgehead atoms. The van der Waals surface area contributed by atoms with Crippen molar-refractivity contribution in [1.82, 2.24) is 0 Å². The van der Waals surface area contributed by atoms with Gasteiger partial charge in [0.15, 0.2) is 0 Å². The highest BCUT2D eigenvalue weighted by atomic mass is 16.3. The minimum Gasteiger partial charge on any atom is -0.455 e. The zero-order valence-electron chi connectivity index (χ0n) is 42.4. The summed E-state index contributed by atoms with van der Waals surface area (Å²) >= 11 is 0. The van der Waals surface area contributed by atoms with E-state index in [-0.39, 0.29) is 16.7 Å². The number of para-hydroxylation sites is 2. The van der Waals surface area contributed by atoms with Crippen molar-refractivity contribution in [3.05, 3.63) is 182 Å². The summed E-state index contributed by atoms with van der Waals surface area (Å²) in [6.45, 7) is 0. The van der Waals surface area contributed by atoms with Crippen LogP contribution in [0.25, 0.3) is 98.8 Å². The Labute approximate surface area is 308 Å². The fourth-order valence-electron chi connectivity index (χ4n) is 6.67. The standard InChI is InChI=1S/C48H30O/c1-2-13-33(14-3-1)45-39-16-6-8-18-41(39)46(42-19-9-7-17-40(42)45)34-27-25-32(26-28-34)37-20-10-22-43-44-23-11-21-38(48(44)49-47(37)43)36-29-24-31-12-4-5-15-35(31)30-36/h1-30H/i1D,2D,3D,6D,7D,8D,9D,13D,14D,16D,17D,18D,19D,25D,26D,27D,28D. The van der Waals surface area contributed by atoms with Crippen molar-refractivity contribution in [3.8, 4) is 44.5 Å². The second-order valence-corrected chi connectivity index (χ2v) is 11.5. The lowest BCUT2D eigenvalue weighted by molar-refractivity contribution is 0.671. The monoisotopic (exact) mass is 639 g/mol. The summed E-state index contributed by atoms with van der Waals surface area (Å²) in [4.78, 5) is 0. The smallest absolute Gasteiger partial charge is 0.143 e. The fraction of sp³-hybridized carbons (Fsp3) is 0. The summed E-state index contributed by atoms with van der Waals surface area (Å²) in [5.74, 6) is 0. The molecule has 1 heteroatoms. The van der Waals surface area contributed by atoms with Crippen molar-refractivity contribution < 1.29 is 27.7 Å². The Hall–Kier alpha value is -6.44. The first-order chi connectivity index (χ1) is 31.4. The van der Waals surface area contributed by atoms with Gasteiger partial charge in [0.2, 0.25) is 0 Å². The molecule has 0 aliphatic heterocycles. The first kappa shape index (κ1) is 15.6. The molecule has 9 aromatic carbocycles. The van der Waals surface area contributed by atoms with E-state index < -0.39 is 147 Å². The average Bonchev–Trinajstić information content (AvgIpc) is 3.71. The van der Waals surface area contributed by atoms with Gasteiger partial charge in [-0.05, 0) is 71.8 Å².